The monoisotopic (exact) mass is 257 g/mol. The van der Waals surface area contributed by atoms with E-state index in [1.807, 2.05) is 0 Å². The maximum absolute atomic E-state index is 11.1. The summed E-state index contributed by atoms with van der Waals surface area (Å²) in [6, 6.07) is 4.20. The number of allylic oxidation sites excluding steroid dienone is 1. The summed E-state index contributed by atoms with van der Waals surface area (Å²) in [6.45, 7) is 3.49. The van der Waals surface area contributed by atoms with Crippen molar-refractivity contribution in [2.75, 3.05) is 6.26 Å². The van der Waals surface area contributed by atoms with Crippen molar-refractivity contribution in [2.24, 2.45) is 0 Å². The highest BCUT2D eigenvalue weighted by atomic mass is 32.2. The number of hydrogen-bond donors (Lipinski definition) is 0. The van der Waals surface area contributed by atoms with Crippen LogP contribution in [0.2, 0.25) is 0 Å². The zero-order valence-corrected chi connectivity index (χ0v) is 9.94. The Balaban J connectivity index is 3.37. The summed E-state index contributed by atoms with van der Waals surface area (Å²) in [5, 5.41) is 10.8. The second-order valence-corrected chi connectivity index (χ2v) is 4.88. The Kier molecular flexibility index (Phi) is 3.84. The molecule has 6 nitrogen and oxygen atoms in total. The molecule has 0 aromatic heterocycles. The van der Waals surface area contributed by atoms with Crippen LogP contribution in [0, 0.1) is 10.1 Å². The first-order chi connectivity index (χ1) is 7.85. The van der Waals surface area contributed by atoms with Crippen LogP contribution < -0.4 is 4.18 Å². The van der Waals surface area contributed by atoms with Gasteiger partial charge in [0.15, 0.2) is 0 Å². The molecule has 0 heterocycles. The van der Waals surface area contributed by atoms with Crippen LogP contribution in [-0.4, -0.2) is 19.6 Å². The Morgan fingerprint density at radius 3 is 2.65 bits per heavy atom. The molecular formula is C10H11NO5S. The van der Waals surface area contributed by atoms with Crippen molar-refractivity contribution in [1.82, 2.24) is 0 Å². The minimum absolute atomic E-state index is 0.250. The largest absolute Gasteiger partial charge is 0.375 e. The van der Waals surface area contributed by atoms with E-state index >= 15 is 0 Å². The molecule has 1 rings (SSSR count). The fraction of sp³-hybridized carbons (Fsp3) is 0.200. The first-order valence-electron chi connectivity index (χ1n) is 4.62. The fourth-order valence-corrected chi connectivity index (χ4v) is 1.77. The summed E-state index contributed by atoms with van der Waals surface area (Å²) in [5.74, 6) is -0.250. The Morgan fingerprint density at radius 2 is 2.18 bits per heavy atom. The second-order valence-electron chi connectivity index (χ2n) is 3.30. The van der Waals surface area contributed by atoms with Gasteiger partial charge in [0.1, 0.15) is 0 Å². The third-order valence-corrected chi connectivity index (χ3v) is 2.34. The Morgan fingerprint density at radius 1 is 1.53 bits per heavy atom. The van der Waals surface area contributed by atoms with Gasteiger partial charge in [-0.05, 0) is 6.42 Å². The molecule has 0 atom stereocenters. The van der Waals surface area contributed by atoms with Gasteiger partial charge in [-0.15, -0.1) is 6.58 Å². The van der Waals surface area contributed by atoms with E-state index in [-0.39, 0.29) is 17.9 Å². The zero-order valence-electron chi connectivity index (χ0n) is 9.12. The smallest absolute Gasteiger partial charge is 0.313 e. The van der Waals surface area contributed by atoms with Crippen molar-refractivity contribution in [3.8, 4) is 5.75 Å². The van der Waals surface area contributed by atoms with Crippen molar-refractivity contribution in [3.05, 3.63) is 46.5 Å². The van der Waals surface area contributed by atoms with Crippen molar-refractivity contribution < 1.29 is 17.5 Å². The Labute approximate surface area is 98.8 Å². The van der Waals surface area contributed by atoms with Gasteiger partial charge in [0, 0.05) is 11.6 Å². The van der Waals surface area contributed by atoms with E-state index in [9.17, 15) is 18.5 Å². The molecule has 0 spiro atoms. The average Bonchev–Trinajstić information content (AvgIpc) is 2.18. The van der Waals surface area contributed by atoms with E-state index < -0.39 is 15.0 Å². The molecule has 0 saturated heterocycles. The molecule has 0 aliphatic rings. The number of nitrogens with zero attached hydrogens (tertiary/aromatic N) is 1. The maximum atomic E-state index is 11.1. The summed E-state index contributed by atoms with van der Waals surface area (Å²) < 4.78 is 26.8. The van der Waals surface area contributed by atoms with E-state index in [1.165, 1.54) is 18.2 Å². The van der Waals surface area contributed by atoms with Crippen LogP contribution in [0.3, 0.4) is 0 Å². The van der Waals surface area contributed by atoms with Gasteiger partial charge in [0.05, 0.1) is 11.2 Å². The number of benzene rings is 1. The van der Waals surface area contributed by atoms with Gasteiger partial charge < -0.3 is 4.18 Å². The zero-order chi connectivity index (χ0) is 13.1. The molecule has 17 heavy (non-hydrogen) atoms. The van der Waals surface area contributed by atoms with Crippen molar-refractivity contribution in [2.45, 2.75) is 6.42 Å². The highest BCUT2D eigenvalue weighted by molar-refractivity contribution is 7.86. The number of rotatable bonds is 5. The summed E-state index contributed by atoms with van der Waals surface area (Å²) in [6.07, 6.45) is 2.63. The molecule has 7 heteroatoms. The fourth-order valence-electron chi connectivity index (χ4n) is 1.28. The van der Waals surface area contributed by atoms with Crippen LogP contribution >= 0.6 is 0 Å². The molecule has 0 N–H and O–H groups in total. The molecule has 0 saturated carbocycles. The van der Waals surface area contributed by atoms with Crippen LogP contribution in [0.5, 0.6) is 5.75 Å². The molecule has 1 aromatic rings. The first kappa shape index (κ1) is 13.2. The van der Waals surface area contributed by atoms with E-state index in [0.29, 0.717) is 5.56 Å². The van der Waals surface area contributed by atoms with Gasteiger partial charge in [-0.25, -0.2) is 0 Å². The summed E-state index contributed by atoms with van der Waals surface area (Å²) in [4.78, 5) is 10.1. The minimum atomic E-state index is -3.81. The van der Waals surface area contributed by atoms with E-state index in [2.05, 4.69) is 10.8 Å². The summed E-state index contributed by atoms with van der Waals surface area (Å²) in [5.41, 5.74) is 0.0226. The quantitative estimate of drug-likeness (QED) is 0.346. The third-order valence-electron chi connectivity index (χ3n) is 1.87. The topological polar surface area (TPSA) is 86.5 Å². The minimum Gasteiger partial charge on any atom is -0.375 e. The second kappa shape index (κ2) is 4.96. The van der Waals surface area contributed by atoms with Crippen molar-refractivity contribution in [1.29, 1.82) is 0 Å². The van der Waals surface area contributed by atoms with E-state index in [4.69, 9.17) is 0 Å². The molecule has 0 radical (unpaired) electrons. The summed E-state index contributed by atoms with van der Waals surface area (Å²) in [7, 11) is -3.81. The van der Waals surface area contributed by atoms with Crippen LogP contribution in [0.15, 0.2) is 30.9 Å². The van der Waals surface area contributed by atoms with Crippen LogP contribution in [0.1, 0.15) is 5.56 Å². The Hall–Kier alpha value is -1.89. The van der Waals surface area contributed by atoms with Crippen LogP contribution in [0.4, 0.5) is 5.69 Å². The van der Waals surface area contributed by atoms with Crippen LogP contribution in [0.25, 0.3) is 0 Å². The maximum Gasteiger partial charge on any atom is 0.313 e. The lowest BCUT2D eigenvalue weighted by molar-refractivity contribution is -0.385. The lowest BCUT2D eigenvalue weighted by Crippen LogP contribution is -2.09. The molecule has 92 valence electrons. The molecule has 0 fully saturated rings. The highest BCUT2D eigenvalue weighted by Gasteiger charge is 2.21. The van der Waals surface area contributed by atoms with Gasteiger partial charge in [-0.2, -0.15) is 8.42 Å². The average molecular weight is 257 g/mol. The van der Waals surface area contributed by atoms with Crippen molar-refractivity contribution in [3.63, 3.8) is 0 Å². The molecule has 0 amide bonds. The number of para-hydroxylation sites is 1. The highest BCUT2D eigenvalue weighted by Crippen LogP contribution is 2.32. The molecule has 0 aliphatic heterocycles. The predicted octanol–water partition coefficient (Wildman–Crippen LogP) is 1.66. The van der Waals surface area contributed by atoms with Crippen LogP contribution in [-0.2, 0) is 16.5 Å². The lowest BCUT2D eigenvalue weighted by atomic mass is 10.1. The SMILES string of the molecule is C=CCc1cccc([N+](=O)[O-])c1OS(C)(=O)=O. The van der Waals surface area contributed by atoms with Gasteiger partial charge in [-0.1, -0.05) is 18.2 Å². The number of hydrogen-bond acceptors (Lipinski definition) is 5. The van der Waals surface area contributed by atoms with Gasteiger partial charge in [0.25, 0.3) is 0 Å². The molecule has 0 unspecified atom stereocenters. The normalized spacial score (nSPS) is 10.9. The van der Waals surface area contributed by atoms with Gasteiger partial charge in [0.2, 0.25) is 5.75 Å². The first-order valence-corrected chi connectivity index (χ1v) is 6.43. The number of nitro benzene ring substituents is 1. The van der Waals surface area contributed by atoms with E-state index in [0.717, 1.165) is 6.26 Å². The van der Waals surface area contributed by atoms with E-state index in [1.54, 1.807) is 6.07 Å². The van der Waals surface area contributed by atoms with Crippen molar-refractivity contribution >= 4 is 15.8 Å². The molecular weight excluding hydrogens is 246 g/mol. The van der Waals surface area contributed by atoms with Gasteiger partial charge in [-0.3, -0.25) is 10.1 Å². The molecule has 0 bridgehead atoms. The van der Waals surface area contributed by atoms with Gasteiger partial charge >= 0.3 is 15.8 Å². The number of nitro groups is 1. The Bertz CT molecular complexity index is 550. The molecule has 0 aliphatic carbocycles. The third kappa shape index (κ3) is 3.56. The summed E-state index contributed by atoms with van der Waals surface area (Å²) >= 11 is 0. The standard InChI is InChI=1S/C10H11NO5S/c1-3-5-8-6-4-7-9(11(12)13)10(8)16-17(2,14)15/h3-4,6-7H,1,5H2,2H3. The predicted molar refractivity (Wildman–Crippen MR) is 62.5 cm³/mol. The lowest BCUT2D eigenvalue weighted by Gasteiger charge is -2.08. The molecule has 1 aromatic carbocycles.